The Morgan fingerprint density at radius 3 is 2.75 bits per heavy atom. The summed E-state index contributed by atoms with van der Waals surface area (Å²) in [6.45, 7) is 5.51. The third-order valence-corrected chi connectivity index (χ3v) is 3.34. The van der Waals surface area contributed by atoms with E-state index in [1.807, 2.05) is 12.1 Å². The number of hydrogen-bond donors (Lipinski definition) is 1. The number of likely N-dealkylation sites (tertiary alicyclic amines) is 1. The smallest absolute Gasteiger partial charge is 0.0802 e. The van der Waals surface area contributed by atoms with Crippen molar-refractivity contribution >= 4 is 0 Å². The molecule has 1 aromatic carbocycles. The molecule has 1 atom stereocenters. The van der Waals surface area contributed by atoms with Gasteiger partial charge in [0.15, 0.2) is 0 Å². The van der Waals surface area contributed by atoms with Crippen LogP contribution in [0.1, 0.15) is 36.5 Å². The van der Waals surface area contributed by atoms with E-state index in [1.54, 1.807) is 0 Å². The molecule has 1 aromatic rings. The fourth-order valence-corrected chi connectivity index (χ4v) is 2.36. The first-order chi connectivity index (χ1) is 7.75. The minimum Gasteiger partial charge on any atom is -0.388 e. The molecule has 0 spiro atoms. The number of hydrogen-bond acceptors (Lipinski definition) is 2. The van der Waals surface area contributed by atoms with Crippen molar-refractivity contribution in [3.8, 4) is 0 Å². The van der Waals surface area contributed by atoms with E-state index in [4.69, 9.17) is 0 Å². The van der Waals surface area contributed by atoms with Gasteiger partial charge in [0.05, 0.1) is 6.10 Å². The second-order valence-corrected chi connectivity index (χ2v) is 4.77. The van der Waals surface area contributed by atoms with Crippen molar-refractivity contribution in [1.29, 1.82) is 0 Å². The molecule has 1 saturated heterocycles. The second-order valence-electron chi connectivity index (χ2n) is 4.77. The van der Waals surface area contributed by atoms with Gasteiger partial charge in [-0.2, -0.15) is 0 Å². The molecule has 0 aromatic heterocycles. The minimum absolute atomic E-state index is 0.305. The van der Waals surface area contributed by atoms with Crippen molar-refractivity contribution < 1.29 is 5.11 Å². The number of aliphatic hydroxyl groups excluding tert-OH is 1. The third kappa shape index (κ3) is 3.06. The average Bonchev–Trinajstić information content (AvgIpc) is 2.78. The Morgan fingerprint density at radius 1 is 1.31 bits per heavy atom. The van der Waals surface area contributed by atoms with E-state index in [0.29, 0.717) is 0 Å². The Morgan fingerprint density at radius 2 is 2.06 bits per heavy atom. The van der Waals surface area contributed by atoms with Crippen LogP contribution < -0.4 is 0 Å². The first kappa shape index (κ1) is 11.6. The van der Waals surface area contributed by atoms with Crippen LogP contribution in [0, 0.1) is 6.92 Å². The van der Waals surface area contributed by atoms with E-state index < -0.39 is 0 Å². The van der Waals surface area contributed by atoms with Gasteiger partial charge < -0.3 is 10.0 Å². The number of rotatable bonds is 4. The van der Waals surface area contributed by atoms with Gasteiger partial charge in [0.25, 0.3) is 0 Å². The van der Waals surface area contributed by atoms with Crippen LogP contribution in [-0.2, 0) is 0 Å². The maximum Gasteiger partial charge on any atom is 0.0802 e. The predicted molar refractivity (Wildman–Crippen MR) is 66.4 cm³/mol. The van der Waals surface area contributed by atoms with Crippen LogP contribution in [0.5, 0.6) is 0 Å². The van der Waals surface area contributed by atoms with Gasteiger partial charge in [-0.1, -0.05) is 29.8 Å². The highest BCUT2D eigenvalue weighted by Crippen LogP contribution is 2.19. The number of benzene rings is 1. The van der Waals surface area contributed by atoms with Crippen LogP contribution in [0.25, 0.3) is 0 Å². The lowest BCUT2D eigenvalue weighted by atomic mass is 10.0. The molecule has 88 valence electrons. The monoisotopic (exact) mass is 219 g/mol. The topological polar surface area (TPSA) is 23.5 Å². The van der Waals surface area contributed by atoms with E-state index in [9.17, 15) is 5.11 Å². The zero-order valence-corrected chi connectivity index (χ0v) is 10.0. The lowest BCUT2D eigenvalue weighted by Gasteiger charge is -2.17. The molecule has 0 saturated carbocycles. The van der Waals surface area contributed by atoms with E-state index in [1.165, 1.54) is 31.5 Å². The van der Waals surface area contributed by atoms with Gasteiger partial charge in [0, 0.05) is 6.54 Å². The first-order valence-electron chi connectivity index (χ1n) is 6.23. The number of aliphatic hydroxyl groups is 1. The average molecular weight is 219 g/mol. The van der Waals surface area contributed by atoms with Crippen LogP contribution in [0.3, 0.4) is 0 Å². The van der Waals surface area contributed by atoms with E-state index in [-0.39, 0.29) is 6.10 Å². The van der Waals surface area contributed by atoms with E-state index in [2.05, 4.69) is 24.0 Å². The minimum atomic E-state index is -0.305. The molecule has 1 aliphatic heterocycles. The molecule has 0 amide bonds. The molecular weight excluding hydrogens is 198 g/mol. The Balaban J connectivity index is 1.85. The van der Waals surface area contributed by atoms with Crippen molar-refractivity contribution in [3.05, 3.63) is 35.4 Å². The SMILES string of the molecule is Cc1cccc(C(O)CCN2CCCC2)c1. The molecule has 0 aliphatic carbocycles. The quantitative estimate of drug-likeness (QED) is 0.841. The van der Waals surface area contributed by atoms with Crippen LogP contribution in [0.4, 0.5) is 0 Å². The number of nitrogens with zero attached hydrogens (tertiary/aromatic N) is 1. The Hall–Kier alpha value is -0.860. The largest absolute Gasteiger partial charge is 0.388 e. The van der Waals surface area contributed by atoms with Crippen molar-refractivity contribution in [2.75, 3.05) is 19.6 Å². The molecule has 1 N–H and O–H groups in total. The summed E-state index contributed by atoms with van der Waals surface area (Å²) in [5, 5.41) is 10.1. The zero-order chi connectivity index (χ0) is 11.4. The molecule has 16 heavy (non-hydrogen) atoms. The standard InChI is InChI=1S/C14H21NO/c1-12-5-4-6-13(11-12)14(16)7-10-15-8-2-3-9-15/h4-6,11,14,16H,2-3,7-10H2,1H3. The van der Waals surface area contributed by atoms with E-state index >= 15 is 0 Å². The summed E-state index contributed by atoms with van der Waals surface area (Å²) in [6.07, 6.45) is 3.19. The number of aryl methyl sites for hydroxylation is 1. The lowest BCUT2D eigenvalue weighted by molar-refractivity contribution is 0.149. The Labute approximate surface area is 97.9 Å². The van der Waals surface area contributed by atoms with Crippen LogP contribution in [0.2, 0.25) is 0 Å². The van der Waals surface area contributed by atoms with Crippen LogP contribution >= 0.6 is 0 Å². The van der Waals surface area contributed by atoms with Gasteiger partial charge in [0.1, 0.15) is 0 Å². The molecule has 1 unspecified atom stereocenters. The Bertz CT molecular complexity index is 331. The van der Waals surface area contributed by atoms with Gasteiger partial charge in [-0.15, -0.1) is 0 Å². The zero-order valence-electron chi connectivity index (χ0n) is 10.0. The summed E-state index contributed by atoms with van der Waals surface area (Å²) in [5.74, 6) is 0. The summed E-state index contributed by atoms with van der Waals surface area (Å²) in [5.41, 5.74) is 2.27. The summed E-state index contributed by atoms with van der Waals surface area (Å²) >= 11 is 0. The normalized spacial score (nSPS) is 18.9. The maximum atomic E-state index is 10.1. The summed E-state index contributed by atoms with van der Waals surface area (Å²) in [4.78, 5) is 2.44. The summed E-state index contributed by atoms with van der Waals surface area (Å²) < 4.78 is 0. The highest BCUT2D eigenvalue weighted by molar-refractivity contribution is 5.23. The van der Waals surface area contributed by atoms with Crippen molar-refractivity contribution in [2.45, 2.75) is 32.3 Å². The van der Waals surface area contributed by atoms with Gasteiger partial charge in [-0.3, -0.25) is 0 Å². The summed E-state index contributed by atoms with van der Waals surface area (Å²) in [6, 6.07) is 8.18. The molecule has 0 radical (unpaired) electrons. The molecule has 1 heterocycles. The van der Waals surface area contributed by atoms with Crippen molar-refractivity contribution in [3.63, 3.8) is 0 Å². The highest BCUT2D eigenvalue weighted by Gasteiger charge is 2.14. The molecule has 2 rings (SSSR count). The van der Waals surface area contributed by atoms with Gasteiger partial charge in [0.2, 0.25) is 0 Å². The molecule has 1 aliphatic rings. The molecular formula is C14H21NO. The second kappa shape index (κ2) is 5.46. The molecule has 2 nitrogen and oxygen atoms in total. The fourth-order valence-electron chi connectivity index (χ4n) is 2.36. The first-order valence-corrected chi connectivity index (χ1v) is 6.23. The van der Waals surface area contributed by atoms with Gasteiger partial charge >= 0.3 is 0 Å². The highest BCUT2D eigenvalue weighted by atomic mass is 16.3. The van der Waals surface area contributed by atoms with E-state index in [0.717, 1.165) is 18.5 Å². The Kier molecular flexibility index (Phi) is 3.97. The van der Waals surface area contributed by atoms with Gasteiger partial charge in [-0.05, 0) is 44.8 Å². The molecule has 0 bridgehead atoms. The van der Waals surface area contributed by atoms with Crippen molar-refractivity contribution in [1.82, 2.24) is 4.90 Å². The maximum absolute atomic E-state index is 10.1. The third-order valence-electron chi connectivity index (χ3n) is 3.34. The van der Waals surface area contributed by atoms with Crippen LogP contribution in [-0.4, -0.2) is 29.6 Å². The van der Waals surface area contributed by atoms with Gasteiger partial charge in [-0.25, -0.2) is 0 Å². The fraction of sp³-hybridized carbons (Fsp3) is 0.571. The molecule has 1 fully saturated rings. The summed E-state index contributed by atoms with van der Waals surface area (Å²) in [7, 11) is 0. The molecule has 2 heteroatoms. The van der Waals surface area contributed by atoms with Crippen molar-refractivity contribution in [2.24, 2.45) is 0 Å². The van der Waals surface area contributed by atoms with Crippen LogP contribution in [0.15, 0.2) is 24.3 Å². The lowest BCUT2D eigenvalue weighted by Crippen LogP contribution is -2.22. The predicted octanol–water partition coefficient (Wildman–Crippen LogP) is 2.51.